The summed E-state index contributed by atoms with van der Waals surface area (Å²) >= 11 is 0. The zero-order valence-electron chi connectivity index (χ0n) is 12.9. The molecule has 2 amide bonds. The Labute approximate surface area is 126 Å². The Morgan fingerprint density at radius 2 is 1.76 bits per heavy atom. The van der Waals surface area contributed by atoms with Crippen LogP contribution < -0.4 is 5.32 Å². The highest BCUT2D eigenvalue weighted by molar-refractivity contribution is 6.35. The van der Waals surface area contributed by atoms with Gasteiger partial charge < -0.3 is 15.1 Å². The van der Waals surface area contributed by atoms with E-state index >= 15 is 0 Å². The summed E-state index contributed by atoms with van der Waals surface area (Å²) in [5, 5.41) is 3.21. The number of amides is 2. The molecule has 0 aliphatic carbocycles. The zero-order valence-corrected chi connectivity index (χ0v) is 12.9. The summed E-state index contributed by atoms with van der Waals surface area (Å²) in [5.41, 5.74) is 0. The molecule has 3 aliphatic heterocycles. The van der Waals surface area contributed by atoms with E-state index < -0.39 is 0 Å². The standard InChI is InChI=1S/C15H26N4O2/c1-12-10-18-7-3-2-4-13(18)11-19(12)15(21)14(20)17-8-5-16-6-9-17/h12-13,16H,2-11H2,1H3. The fourth-order valence-electron chi connectivity index (χ4n) is 3.76. The number of piperazine rings is 2. The summed E-state index contributed by atoms with van der Waals surface area (Å²) in [5.74, 6) is -0.609. The molecule has 2 unspecified atom stereocenters. The van der Waals surface area contributed by atoms with Crippen molar-refractivity contribution in [3.8, 4) is 0 Å². The number of hydrogen-bond donors (Lipinski definition) is 1. The van der Waals surface area contributed by atoms with Crippen molar-refractivity contribution in [3.63, 3.8) is 0 Å². The minimum absolute atomic E-state index is 0.138. The molecule has 0 aromatic heterocycles. The second-order valence-corrected chi connectivity index (χ2v) is 6.49. The molecule has 0 aromatic carbocycles. The van der Waals surface area contributed by atoms with Gasteiger partial charge >= 0.3 is 11.8 Å². The maximum absolute atomic E-state index is 12.6. The van der Waals surface area contributed by atoms with E-state index in [4.69, 9.17) is 0 Å². The third kappa shape index (κ3) is 3.06. The molecule has 1 N–H and O–H groups in total. The third-order valence-electron chi connectivity index (χ3n) is 5.04. The molecule has 0 saturated carbocycles. The van der Waals surface area contributed by atoms with Crippen molar-refractivity contribution in [2.75, 3.05) is 45.8 Å². The molecule has 118 valence electrons. The van der Waals surface area contributed by atoms with Gasteiger partial charge in [0.25, 0.3) is 0 Å². The minimum atomic E-state index is -0.312. The van der Waals surface area contributed by atoms with E-state index in [2.05, 4.69) is 17.1 Å². The average molecular weight is 294 g/mol. The molecule has 3 aliphatic rings. The molecule has 0 radical (unpaired) electrons. The molecule has 21 heavy (non-hydrogen) atoms. The zero-order chi connectivity index (χ0) is 14.8. The lowest BCUT2D eigenvalue weighted by Crippen LogP contribution is -2.62. The van der Waals surface area contributed by atoms with Crippen LogP contribution in [0.5, 0.6) is 0 Å². The Balaban J connectivity index is 1.64. The Morgan fingerprint density at radius 1 is 1.00 bits per heavy atom. The summed E-state index contributed by atoms with van der Waals surface area (Å²) in [6.45, 7) is 7.68. The number of carbonyl (C=O) groups excluding carboxylic acids is 2. The summed E-state index contributed by atoms with van der Waals surface area (Å²) in [7, 11) is 0. The van der Waals surface area contributed by atoms with E-state index in [0.29, 0.717) is 19.1 Å². The summed E-state index contributed by atoms with van der Waals surface area (Å²) < 4.78 is 0. The summed E-state index contributed by atoms with van der Waals surface area (Å²) in [4.78, 5) is 31.0. The molecule has 3 rings (SSSR count). The number of carbonyl (C=O) groups is 2. The number of hydrogen-bond acceptors (Lipinski definition) is 4. The lowest BCUT2D eigenvalue weighted by atomic mass is 9.97. The third-order valence-corrected chi connectivity index (χ3v) is 5.04. The monoisotopic (exact) mass is 294 g/mol. The van der Waals surface area contributed by atoms with Gasteiger partial charge in [-0.15, -0.1) is 0 Å². The van der Waals surface area contributed by atoms with E-state index in [0.717, 1.165) is 39.1 Å². The topological polar surface area (TPSA) is 55.9 Å². The molecule has 6 heteroatoms. The quantitative estimate of drug-likeness (QED) is 0.612. The van der Waals surface area contributed by atoms with E-state index in [9.17, 15) is 9.59 Å². The highest BCUT2D eigenvalue weighted by atomic mass is 16.2. The second-order valence-electron chi connectivity index (χ2n) is 6.49. The maximum atomic E-state index is 12.6. The van der Waals surface area contributed by atoms with Gasteiger partial charge in [-0.3, -0.25) is 14.5 Å². The normalized spacial score (nSPS) is 30.9. The number of piperidine rings is 1. The van der Waals surface area contributed by atoms with Crippen LogP contribution in [0.1, 0.15) is 26.2 Å². The number of rotatable bonds is 0. The van der Waals surface area contributed by atoms with Gasteiger partial charge in [-0.2, -0.15) is 0 Å². The van der Waals surface area contributed by atoms with Crippen molar-refractivity contribution in [2.45, 2.75) is 38.3 Å². The summed E-state index contributed by atoms with van der Waals surface area (Å²) in [6.07, 6.45) is 3.65. The molecular formula is C15H26N4O2. The van der Waals surface area contributed by atoms with Crippen molar-refractivity contribution < 1.29 is 9.59 Å². The van der Waals surface area contributed by atoms with Gasteiger partial charge in [0, 0.05) is 51.4 Å². The highest BCUT2D eigenvalue weighted by Gasteiger charge is 2.38. The Hall–Kier alpha value is -1.14. The van der Waals surface area contributed by atoms with Crippen molar-refractivity contribution in [3.05, 3.63) is 0 Å². The van der Waals surface area contributed by atoms with Gasteiger partial charge in [0.15, 0.2) is 0 Å². The molecule has 0 aromatic rings. The fraction of sp³-hybridized carbons (Fsp3) is 0.867. The second kappa shape index (κ2) is 6.32. The van der Waals surface area contributed by atoms with Gasteiger partial charge in [-0.25, -0.2) is 0 Å². The van der Waals surface area contributed by atoms with Crippen LogP contribution in [0, 0.1) is 0 Å². The molecule has 0 spiro atoms. The van der Waals surface area contributed by atoms with E-state index in [1.807, 2.05) is 4.90 Å². The van der Waals surface area contributed by atoms with Gasteiger partial charge in [-0.05, 0) is 26.3 Å². The smallest absolute Gasteiger partial charge is 0.312 e. The van der Waals surface area contributed by atoms with Crippen LogP contribution in [-0.2, 0) is 9.59 Å². The lowest BCUT2D eigenvalue weighted by Gasteiger charge is -2.47. The fourth-order valence-corrected chi connectivity index (χ4v) is 3.76. The largest absolute Gasteiger partial charge is 0.332 e. The van der Waals surface area contributed by atoms with Gasteiger partial charge in [-0.1, -0.05) is 6.42 Å². The summed E-state index contributed by atoms with van der Waals surface area (Å²) in [6, 6.07) is 0.591. The van der Waals surface area contributed by atoms with Crippen molar-refractivity contribution in [1.82, 2.24) is 20.0 Å². The SMILES string of the molecule is CC1CN2CCCCC2CN1C(=O)C(=O)N1CCNCC1. The molecule has 3 heterocycles. The predicted octanol–water partition coefficient (Wildman–Crippen LogP) is -0.497. The number of nitrogens with one attached hydrogen (secondary N) is 1. The first-order valence-electron chi connectivity index (χ1n) is 8.21. The van der Waals surface area contributed by atoms with Crippen molar-refractivity contribution >= 4 is 11.8 Å². The van der Waals surface area contributed by atoms with Gasteiger partial charge in [0.1, 0.15) is 0 Å². The molecule has 3 saturated heterocycles. The van der Waals surface area contributed by atoms with Gasteiger partial charge in [0.05, 0.1) is 0 Å². The minimum Gasteiger partial charge on any atom is -0.332 e. The van der Waals surface area contributed by atoms with Crippen molar-refractivity contribution in [2.24, 2.45) is 0 Å². The van der Waals surface area contributed by atoms with Crippen LogP contribution in [0.2, 0.25) is 0 Å². The number of fused-ring (bicyclic) bond motifs is 1. The van der Waals surface area contributed by atoms with E-state index in [1.54, 1.807) is 4.90 Å². The first-order chi connectivity index (χ1) is 10.2. The van der Waals surface area contributed by atoms with Crippen LogP contribution in [0.15, 0.2) is 0 Å². The van der Waals surface area contributed by atoms with Crippen LogP contribution in [0.4, 0.5) is 0 Å². The first-order valence-corrected chi connectivity index (χ1v) is 8.21. The van der Waals surface area contributed by atoms with E-state index in [-0.39, 0.29) is 17.9 Å². The average Bonchev–Trinajstić information content (AvgIpc) is 2.53. The molecule has 6 nitrogen and oxygen atoms in total. The molecule has 3 fully saturated rings. The maximum Gasteiger partial charge on any atom is 0.312 e. The Morgan fingerprint density at radius 3 is 2.52 bits per heavy atom. The molecule has 2 atom stereocenters. The number of nitrogens with zero attached hydrogens (tertiary/aromatic N) is 3. The first kappa shape index (κ1) is 14.8. The Bertz CT molecular complexity index is 408. The Kier molecular flexibility index (Phi) is 4.45. The highest BCUT2D eigenvalue weighted by Crippen LogP contribution is 2.24. The molecular weight excluding hydrogens is 268 g/mol. The van der Waals surface area contributed by atoms with Gasteiger partial charge in [0.2, 0.25) is 0 Å². The van der Waals surface area contributed by atoms with Crippen molar-refractivity contribution in [1.29, 1.82) is 0 Å². The van der Waals surface area contributed by atoms with Crippen LogP contribution >= 0.6 is 0 Å². The van der Waals surface area contributed by atoms with Crippen LogP contribution in [0.25, 0.3) is 0 Å². The predicted molar refractivity (Wildman–Crippen MR) is 79.8 cm³/mol. The lowest BCUT2D eigenvalue weighted by molar-refractivity contribution is -0.156. The van der Waals surface area contributed by atoms with Crippen LogP contribution in [-0.4, -0.2) is 84.4 Å². The molecule has 0 bridgehead atoms. The van der Waals surface area contributed by atoms with E-state index in [1.165, 1.54) is 12.8 Å². The van der Waals surface area contributed by atoms with Crippen LogP contribution in [0.3, 0.4) is 0 Å².